The molecule has 108 valence electrons. The lowest BCUT2D eigenvalue weighted by Crippen LogP contribution is -2.18. The van der Waals surface area contributed by atoms with E-state index in [1.54, 1.807) is 37.3 Å². The Hall–Kier alpha value is -2.40. The maximum absolute atomic E-state index is 12.1. The Balaban J connectivity index is 2.22. The first-order valence-electron chi connectivity index (χ1n) is 6.24. The van der Waals surface area contributed by atoms with Gasteiger partial charge in [-0.25, -0.2) is 0 Å². The summed E-state index contributed by atoms with van der Waals surface area (Å²) in [6.07, 6.45) is 0. The molecule has 1 amide bonds. The lowest BCUT2D eigenvalue weighted by molar-refractivity contribution is -0.384. The molecule has 1 atom stereocenters. The third-order valence-corrected chi connectivity index (χ3v) is 3.38. The van der Waals surface area contributed by atoms with Crippen molar-refractivity contribution >= 4 is 28.9 Å². The van der Waals surface area contributed by atoms with Crippen LogP contribution in [0.15, 0.2) is 48.5 Å². The van der Waals surface area contributed by atoms with E-state index < -0.39 is 16.2 Å². The van der Waals surface area contributed by atoms with Crippen molar-refractivity contribution in [3.8, 4) is 0 Å². The average molecular weight is 305 g/mol. The quantitative estimate of drug-likeness (QED) is 0.530. The Morgan fingerprint density at radius 2 is 1.90 bits per heavy atom. The summed E-state index contributed by atoms with van der Waals surface area (Å²) in [5, 5.41) is 12.6. The summed E-state index contributed by atoms with van der Waals surface area (Å²) in [5.41, 5.74) is 1.36. The number of nitrogens with one attached hydrogen (secondary N) is 1. The van der Waals surface area contributed by atoms with E-state index in [2.05, 4.69) is 5.32 Å². The number of hydrogen-bond donors (Lipinski definition) is 1. The zero-order valence-corrected chi connectivity index (χ0v) is 12.0. The molecule has 0 heterocycles. The molecule has 0 aliphatic rings. The van der Waals surface area contributed by atoms with Gasteiger partial charge in [0.05, 0.1) is 4.92 Å². The molecule has 21 heavy (non-hydrogen) atoms. The third-order valence-electron chi connectivity index (χ3n) is 2.93. The number of rotatable bonds is 4. The number of benzene rings is 2. The molecule has 6 heteroatoms. The third kappa shape index (κ3) is 3.58. The standard InChI is InChI=1S/C15H13ClN2O3/c1-10-7-8-12(13(9-10)18(20)21)17-15(19)14(16)11-5-3-2-4-6-11/h2-9,14H,1H3,(H,17,19)/t14-/m0/s1. The summed E-state index contributed by atoms with van der Waals surface area (Å²) >= 11 is 6.09. The van der Waals surface area contributed by atoms with Gasteiger partial charge in [0.2, 0.25) is 5.91 Å². The van der Waals surface area contributed by atoms with Crippen molar-refractivity contribution in [2.75, 3.05) is 5.32 Å². The maximum Gasteiger partial charge on any atom is 0.293 e. The fourth-order valence-corrected chi connectivity index (χ4v) is 2.07. The van der Waals surface area contributed by atoms with Crippen molar-refractivity contribution in [3.63, 3.8) is 0 Å². The molecule has 2 aromatic rings. The molecule has 0 bridgehead atoms. The molecule has 0 spiro atoms. The number of nitro groups is 1. The van der Waals surface area contributed by atoms with Crippen LogP contribution in [0.4, 0.5) is 11.4 Å². The van der Waals surface area contributed by atoms with Crippen LogP contribution in [0.5, 0.6) is 0 Å². The summed E-state index contributed by atoms with van der Waals surface area (Å²) in [6.45, 7) is 1.74. The van der Waals surface area contributed by atoms with Crippen LogP contribution >= 0.6 is 11.6 Å². The van der Waals surface area contributed by atoms with Crippen LogP contribution in [0.25, 0.3) is 0 Å². The number of carbonyl (C=O) groups excluding carboxylic acids is 1. The van der Waals surface area contributed by atoms with E-state index in [0.717, 1.165) is 5.56 Å². The van der Waals surface area contributed by atoms with Gasteiger partial charge in [0, 0.05) is 6.07 Å². The Morgan fingerprint density at radius 3 is 2.52 bits per heavy atom. The van der Waals surface area contributed by atoms with Crippen LogP contribution in [-0.4, -0.2) is 10.8 Å². The minimum absolute atomic E-state index is 0.136. The lowest BCUT2D eigenvalue weighted by Gasteiger charge is -2.11. The maximum atomic E-state index is 12.1. The molecule has 0 saturated heterocycles. The molecule has 0 aliphatic carbocycles. The second-order valence-electron chi connectivity index (χ2n) is 4.54. The van der Waals surface area contributed by atoms with Gasteiger partial charge in [0.15, 0.2) is 0 Å². The van der Waals surface area contributed by atoms with Gasteiger partial charge in [0.25, 0.3) is 5.69 Å². The first kappa shape index (κ1) is 15.0. The van der Waals surface area contributed by atoms with E-state index in [-0.39, 0.29) is 11.4 Å². The number of amides is 1. The molecule has 0 fully saturated rings. The Kier molecular flexibility index (Phi) is 4.55. The van der Waals surface area contributed by atoms with Crippen LogP contribution in [-0.2, 0) is 4.79 Å². The highest BCUT2D eigenvalue weighted by Crippen LogP contribution is 2.28. The summed E-state index contributed by atoms with van der Waals surface area (Å²) < 4.78 is 0. The smallest absolute Gasteiger partial charge is 0.293 e. The van der Waals surface area contributed by atoms with Gasteiger partial charge in [-0.15, -0.1) is 11.6 Å². The number of alkyl halides is 1. The zero-order valence-electron chi connectivity index (χ0n) is 11.2. The largest absolute Gasteiger partial charge is 0.319 e. The second kappa shape index (κ2) is 6.37. The highest BCUT2D eigenvalue weighted by atomic mass is 35.5. The van der Waals surface area contributed by atoms with Crippen LogP contribution in [0.3, 0.4) is 0 Å². The molecule has 0 aliphatic heterocycles. The molecule has 0 radical (unpaired) electrons. The second-order valence-corrected chi connectivity index (χ2v) is 4.98. The van der Waals surface area contributed by atoms with Crippen molar-refractivity contribution in [2.24, 2.45) is 0 Å². The molecule has 0 saturated carbocycles. The Bertz CT molecular complexity index is 674. The van der Waals surface area contributed by atoms with Gasteiger partial charge in [-0.3, -0.25) is 14.9 Å². The topological polar surface area (TPSA) is 72.2 Å². The normalized spacial score (nSPS) is 11.7. The number of aryl methyl sites for hydroxylation is 1. The van der Waals surface area contributed by atoms with Crippen LogP contribution < -0.4 is 5.32 Å². The Labute approximate surface area is 126 Å². The monoisotopic (exact) mass is 304 g/mol. The van der Waals surface area contributed by atoms with E-state index in [1.165, 1.54) is 12.1 Å². The number of halogens is 1. The van der Waals surface area contributed by atoms with Gasteiger partial charge >= 0.3 is 0 Å². The Morgan fingerprint density at radius 1 is 1.24 bits per heavy atom. The number of hydrogen-bond acceptors (Lipinski definition) is 3. The van der Waals surface area contributed by atoms with Crippen molar-refractivity contribution in [1.82, 2.24) is 0 Å². The van der Waals surface area contributed by atoms with E-state index in [9.17, 15) is 14.9 Å². The van der Waals surface area contributed by atoms with Crippen molar-refractivity contribution < 1.29 is 9.72 Å². The van der Waals surface area contributed by atoms with Crippen LogP contribution in [0.1, 0.15) is 16.5 Å². The van der Waals surface area contributed by atoms with Gasteiger partial charge in [-0.05, 0) is 24.1 Å². The first-order valence-corrected chi connectivity index (χ1v) is 6.67. The predicted molar refractivity (Wildman–Crippen MR) is 81.5 cm³/mol. The summed E-state index contributed by atoms with van der Waals surface area (Å²) in [6, 6.07) is 13.4. The molecular formula is C15H13ClN2O3. The number of carbonyl (C=O) groups is 1. The van der Waals surface area contributed by atoms with E-state index in [0.29, 0.717) is 5.56 Å². The molecule has 5 nitrogen and oxygen atoms in total. The van der Waals surface area contributed by atoms with E-state index in [1.807, 2.05) is 6.07 Å². The molecule has 0 aromatic heterocycles. The number of nitro benzene ring substituents is 1. The van der Waals surface area contributed by atoms with Crippen LogP contribution in [0.2, 0.25) is 0 Å². The number of nitrogens with zero attached hydrogens (tertiary/aromatic N) is 1. The van der Waals surface area contributed by atoms with Gasteiger partial charge in [0.1, 0.15) is 11.1 Å². The fraction of sp³-hybridized carbons (Fsp3) is 0.133. The van der Waals surface area contributed by atoms with Gasteiger partial charge in [-0.1, -0.05) is 36.4 Å². The summed E-state index contributed by atoms with van der Waals surface area (Å²) in [4.78, 5) is 22.6. The van der Waals surface area contributed by atoms with Crippen molar-refractivity contribution in [1.29, 1.82) is 0 Å². The fourth-order valence-electron chi connectivity index (χ4n) is 1.87. The highest BCUT2D eigenvalue weighted by molar-refractivity contribution is 6.32. The summed E-state index contributed by atoms with van der Waals surface area (Å²) in [7, 11) is 0. The molecule has 2 aromatic carbocycles. The van der Waals surface area contributed by atoms with Crippen LogP contribution in [0, 0.1) is 17.0 Å². The van der Waals surface area contributed by atoms with Crippen molar-refractivity contribution in [3.05, 3.63) is 69.8 Å². The van der Waals surface area contributed by atoms with Gasteiger partial charge in [-0.2, -0.15) is 0 Å². The first-order chi connectivity index (χ1) is 9.99. The number of anilines is 1. The van der Waals surface area contributed by atoms with E-state index >= 15 is 0 Å². The average Bonchev–Trinajstić information content (AvgIpc) is 2.49. The van der Waals surface area contributed by atoms with E-state index in [4.69, 9.17) is 11.6 Å². The minimum atomic E-state index is -0.910. The zero-order chi connectivity index (χ0) is 15.4. The minimum Gasteiger partial charge on any atom is -0.319 e. The molecule has 2 rings (SSSR count). The molecule has 0 unspecified atom stereocenters. The molecule has 1 N–H and O–H groups in total. The predicted octanol–water partition coefficient (Wildman–Crippen LogP) is 3.82. The highest BCUT2D eigenvalue weighted by Gasteiger charge is 2.21. The van der Waals surface area contributed by atoms with Crippen molar-refractivity contribution in [2.45, 2.75) is 12.3 Å². The lowest BCUT2D eigenvalue weighted by atomic mass is 10.1. The SMILES string of the molecule is Cc1ccc(NC(=O)[C@@H](Cl)c2ccccc2)c([N+](=O)[O-])c1. The summed E-state index contributed by atoms with van der Waals surface area (Å²) in [5.74, 6) is -0.505. The van der Waals surface area contributed by atoms with Gasteiger partial charge < -0.3 is 5.32 Å². The molecular weight excluding hydrogens is 292 g/mol.